The van der Waals surface area contributed by atoms with Crippen LogP contribution in [0.5, 0.6) is 5.88 Å². The molecule has 1 N–H and O–H groups in total. The standard InChI is InChI=1S/C36H41Br2FN2O6Si/c1-17-20-15-21-29(41(6)7)31-25(34(40-46-31)45-16-19-13-11-10-12-14-19)33(44)36(21,47-48(8,9)35(3,4)5)32(43)24(20)30(42)23-18(2)26(37)27(38)28(39)22(17)23/h10-14,17,20-21,29,43H,15-16H2,1-9H3/t17-,20-,21+,29+,36+/m1/s1. The van der Waals surface area contributed by atoms with Gasteiger partial charge in [-0.2, -0.15) is 0 Å². The topological polar surface area (TPSA) is 102 Å². The van der Waals surface area contributed by atoms with Crippen molar-refractivity contribution >= 4 is 51.7 Å². The van der Waals surface area contributed by atoms with E-state index in [2.05, 4.69) is 57.8 Å². The number of halogens is 3. The predicted molar refractivity (Wildman–Crippen MR) is 190 cm³/mol. The minimum Gasteiger partial charge on any atom is -0.508 e. The molecular weight excluding hydrogens is 763 g/mol. The average molecular weight is 805 g/mol. The van der Waals surface area contributed by atoms with Crippen LogP contribution in [0.3, 0.4) is 0 Å². The van der Waals surface area contributed by atoms with Crippen molar-refractivity contribution in [3.05, 3.63) is 90.0 Å². The maximum absolute atomic E-state index is 16.0. The molecule has 2 aromatic carbocycles. The first kappa shape index (κ1) is 35.2. The second-order valence-corrected chi connectivity index (χ2v) is 21.3. The summed E-state index contributed by atoms with van der Waals surface area (Å²) in [6.45, 7) is 14.0. The lowest BCUT2D eigenvalue weighted by atomic mass is 9.56. The van der Waals surface area contributed by atoms with Crippen molar-refractivity contribution in [2.45, 2.75) is 83.3 Å². The monoisotopic (exact) mass is 802 g/mol. The molecule has 8 nitrogen and oxygen atoms in total. The number of carbonyl (C=O) groups excluding carboxylic acids is 2. The summed E-state index contributed by atoms with van der Waals surface area (Å²) in [5.41, 5.74) is 0.160. The van der Waals surface area contributed by atoms with Crippen LogP contribution in [0.2, 0.25) is 18.1 Å². The summed E-state index contributed by atoms with van der Waals surface area (Å²) < 4.78 is 35.9. The van der Waals surface area contributed by atoms with E-state index in [4.69, 9.17) is 13.7 Å². The Labute approximate surface area is 298 Å². The van der Waals surface area contributed by atoms with Crippen LogP contribution in [0.1, 0.15) is 89.2 Å². The largest absolute Gasteiger partial charge is 0.508 e. The van der Waals surface area contributed by atoms with Crippen LogP contribution in [0.25, 0.3) is 0 Å². The normalized spacial score (nSPS) is 25.5. The van der Waals surface area contributed by atoms with Crippen LogP contribution < -0.4 is 4.74 Å². The summed E-state index contributed by atoms with van der Waals surface area (Å²) in [7, 11) is 0.875. The van der Waals surface area contributed by atoms with Crippen molar-refractivity contribution < 1.29 is 32.8 Å². The Morgan fingerprint density at radius 3 is 2.38 bits per heavy atom. The number of hydrogen-bond donors (Lipinski definition) is 1. The number of aromatic nitrogens is 1. The number of Topliss-reactive ketones (excluding diaryl/α,β-unsaturated/α-hetero) is 2. The second kappa shape index (κ2) is 12.0. The highest BCUT2D eigenvalue weighted by molar-refractivity contribution is 9.13. The van der Waals surface area contributed by atoms with Crippen molar-refractivity contribution in [2.75, 3.05) is 14.1 Å². The van der Waals surface area contributed by atoms with Gasteiger partial charge >= 0.3 is 0 Å². The number of aliphatic hydroxyl groups is 1. The third-order valence-electron chi connectivity index (χ3n) is 11.0. The number of nitrogens with zero attached hydrogens (tertiary/aromatic N) is 2. The summed E-state index contributed by atoms with van der Waals surface area (Å²) in [5, 5.41) is 16.6. The van der Waals surface area contributed by atoms with E-state index in [0.717, 1.165) is 5.56 Å². The van der Waals surface area contributed by atoms with Crippen molar-refractivity contribution in [2.24, 2.45) is 11.8 Å². The van der Waals surface area contributed by atoms with Crippen LogP contribution in [-0.2, 0) is 11.0 Å². The Bertz CT molecular complexity index is 1870. The maximum atomic E-state index is 16.0. The van der Waals surface area contributed by atoms with Crippen LogP contribution in [-0.4, -0.2) is 54.7 Å². The Balaban J connectivity index is 1.62. The van der Waals surface area contributed by atoms with Crippen molar-refractivity contribution in [1.82, 2.24) is 10.1 Å². The predicted octanol–water partition coefficient (Wildman–Crippen LogP) is 9.23. The van der Waals surface area contributed by atoms with Crippen molar-refractivity contribution in [3.63, 3.8) is 0 Å². The third-order valence-corrected chi connectivity index (χ3v) is 17.7. The second-order valence-electron chi connectivity index (χ2n) is 15.0. The van der Waals surface area contributed by atoms with Crippen LogP contribution in [0.15, 0.2) is 55.1 Å². The van der Waals surface area contributed by atoms with E-state index in [1.165, 1.54) is 0 Å². The van der Waals surface area contributed by atoms with Crippen LogP contribution in [0, 0.1) is 24.6 Å². The number of ether oxygens (including phenoxy) is 1. The molecule has 0 unspecified atom stereocenters. The molecule has 0 aliphatic heterocycles. The highest BCUT2D eigenvalue weighted by Crippen LogP contribution is 2.61. The fourth-order valence-electron chi connectivity index (χ4n) is 7.53. The molecule has 3 aliphatic carbocycles. The highest BCUT2D eigenvalue weighted by atomic mass is 79.9. The first-order valence-corrected chi connectivity index (χ1v) is 20.6. The van der Waals surface area contributed by atoms with Gasteiger partial charge in [-0.1, -0.05) is 58.0 Å². The van der Waals surface area contributed by atoms with E-state index in [1.54, 1.807) is 6.92 Å². The van der Waals surface area contributed by atoms with Gasteiger partial charge < -0.3 is 18.8 Å². The molecule has 0 saturated carbocycles. The molecule has 6 rings (SSSR count). The molecule has 256 valence electrons. The van der Waals surface area contributed by atoms with Gasteiger partial charge in [0.2, 0.25) is 5.78 Å². The third kappa shape index (κ3) is 5.03. The van der Waals surface area contributed by atoms with Gasteiger partial charge in [-0.3, -0.25) is 14.5 Å². The summed E-state index contributed by atoms with van der Waals surface area (Å²) in [6, 6.07) is 8.90. The molecule has 1 aromatic heterocycles. The Morgan fingerprint density at radius 2 is 1.77 bits per heavy atom. The Kier molecular flexibility index (Phi) is 8.80. The summed E-state index contributed by atoms with van der Waals surface area (Å²) >= 11 is 6.81. The van der Waals surface area contributed by atoms with Crippen molar-refractivity contribution in [3.8, 4) is 5.88 Å². The molecule has 0 spiro atoms. The van der Waals surface area contributed by atoms with Crippen LogP contribution >= 0.6 is 31.9 Å². The number of ketones is 2. The van der Waals surface area contributed by atoms with Crippen LogP contribution in [0.4, 0.5) is 4.39 Å². The molecule has 3 aliphatic rings. The number of aliphatic hydroxyl groups excluding tert-OH is 1. The van der Waals surface area contributed by atoms with Gasteiger partial charge in [-0.05, 0) is 106 Å². The first-order valence-electron chi connectivity index (χ1n) is 16.1. The van der Waals surface area contributed by atoms with E-state index in [1.807, 2.05) is 69.3 Å². The highest BCUT2D eigenvalue weighted by Gasteiger charge is 2.67. The van der Waals surface area contributed by atoms with Gasteiger partial charge in [-0.25, -0.2) is 4.39 Å². The van der Waals surface area contributed by atoms with E-state index >= 15 is 9.18 Å². The lowest BCUT2D eigenvalue weighted by molar-refractivity contribution is -0.0495. The van der Waals surface area contributed by atoms with Gasteiger partial charge in [-0.15, -0.1) is 0 Å². The zero-order chi connectivity index (χ0) is 35.2. The van der Waals surface area contributed by atoms with Gasteiger partial charge in [0.1, 0.15) is 23.7 Å². The molecule has 0 bridgehead atoms. The number of allylic oxidation sites excluding steroid dienone is 1. The summed E-state index contributed by atoms with van der Waals surface area (Å²) in [5.74, 6) is -3.46. The number of rotatable bonds is 6. The minimum atomic E-state index is -2.86. The Hall–Kier alpha value is -2.64. The molecule has 0 saturated heterocycles. The fourth-order valence-corrected chi connectivity index (χ4v) is 9.87. The van der Waals surface area contributed by atoms with E-state index in [-0.39, 0.29) is 45.1 Å². The molecule has 3 aromatic rings. The van der Waals surface area contributed by atoms with E-state index < -0.39 is 60.9 Å². The molecule has 0 radical (unpaired) electrons. The van der Waals surface area contributed by atoms with E-state index in [0.29, 0.717) is 21.4 Å². The smallest absolute Gasteiger partial charge is 0.265 e. The van der Waals surface area contributed by atoms with Gasteiger partial charge in [0.15, 0.2) is 25.5 Å². The maximum Gasteiger partial charge on any atom is 0.265 e. The quantitative estimate of drug-likeness (QED) is 0.195. The SMILES string of the molecule is Cc1c(Br)c(Br)c(F)c2c1C(=O)C1=C(O)[C@]3(O[Si](C)(C)C(C)(C)C)C(=O)c4c(OCc5ccccc5)noc4[C@@H](N(C)C)[C@@H]3C[C@@H]1[C@H]2C. The van der Waals surface area contributed by atoms with Gasteiger partial charge in [0.25, 0.3) is 5.88 Å². The molecule has 0 fully saturated rings. The molecule has 5 atom stereocenters. The lowest BCUT2D eigenvalue weighted by Crippen LogP contribution is -2.65. The molecule has 0 amide bonds. The van der Waals surface area contributed by atoms with E-state index in [9.17, 15) is 9.90 Å². The zero-order valence-corrected chi connectivity index (χ0v) is 32.8. The number of fused-ring (bicyclic) bond motifs is 4. The number of hydrogen-bond acceptors (Lipinski definition) is 8. The summed E-state index contributed by atoms with van der Waals surface area (Å²) in [6.07, 6.45) is 0.251. The first-order chi connectivity index (χ1) is 22.4. The minimum absolute atomic E-state index is 0.00247. The molecule has 1 heterocycles. The van der Waals surface area contributed by atoms with Gasteiger partial charge in [0.05, 0.1) is 10.5 Å². The molecule has 48 heavy (non-hydrogen) atoms. The fraction of sp³-hybridized carbons (Fsp3) is 0.472. The molecule has 12 heteroatoms. The molecular formula is C36H41Br2FN2O6Si. The average Bonchev–Trinajstić information content (AvgIpc) is 3.43. The van der Waals surface area contributed by atoms with Crippen molar-refractivity contribution in [1.29, 1.82) is 0 Å². The zero-order valence-electron chi connectivity index (χ0n) is 28.6. The number of carbonyl (C=O) groups is 2. The summed E-state index contributed by atoms with van der Waals surface area (Å²) in [4.78, 5) is 31.8. The number of benzene rings is 2. The lowest BCUT2D eigenvalue weighted by Gasteiger charge is -2.55. The Morgan fingerprint density at radius 1 is 1.12 bits per heavy atom. The van der Waals surface area contributed by atoms with Gasteiger partial charge in [0, 0.05) is 27.1 Å².